The van der Waals surface area contributed by atoms with Crippen LogP contribution < -0.4 is 0 Å². The van der Waals surface area contributed by atoms with Crippen LogP contribution in [0.5, 0.6) is 0 Å². The molecule has 3 heteroatoms. The summed E-state index contributed by atoms with van der Waals surface area (Å²) in [4.78, 5) is 4.17. The van der Waals surface area contributed by atoms with Crippen molar-refractivity contribution in [1.29, 1.82) is 0 Å². The van der Waals surface area contributed by atoms with E-state index in [1.807, 2.05) is 12.3 Å². The summed E-state index contributed by atoms with van der Waals surface area (Å²) in [5, 5.41) is 1.26. The first kappa shape index (κ1) is 9.28. The van der Waals surface area contributed by atoms with Crippen molar-refractivity contribution in [3.05, 3.63) is 28.5 Å². The van der Waals surface area contributed by atoms with E-state index in [9.17, 15) is 0 Å². The Hall–Kier alpha value is 0.188. The van der Waals surface area contributed by atoms with Gasteiger partial charge in [0.1, 0.15) is 0 Å². The molecule has 0 spiro atoms. The van der Waals surface area contributed by atoms with E-state index < -0.39 is 14.7 Å². The van der Waals surface area contributed by atoms with Gasteiger partial charge in [-0.1, -0.05) is 0 Å². The maximum absolute atomic E-state index is 4.17. The molecule has 0 saturated carbocycles. The first-order valence-electron chi connectivity index (χ1n) is 3.43. The maximum atomic E-state index is 4.17. The quantitative estimate of drug-likeness (QED) is 0.597. The number of aromatic nitrogens is 1. The van der Waals surface area contributed by atoms with Crippen LogP contribution in [0.15, 0.2) is 22.9 Å². The number of nitrogens with zero attached hydrogens (tertiary/aromatic N) is 1. The van der Waals surface area contributed by atoms with Gasteiger partial charge in [-0.15, -0.1) is 0 Å². The Balaban J connectivity index is 2.66. The minimum absolute atomic E-state index is 0.527. The molecule has 0 amide bonds. The molecule has 1 nitrogen and oxygen atoms in total. The summed E-state index contributed by atoms with van der Waals surface area (Å²) in [6.45, 7) is 0. The second kappa shape index (κ2) is 4.27. The monoisotopic (exact) mass is 275 g/mol. The van der Waals surface area contributed by atoms with Crippen LogP contribution in [-0.2, 0) is 5.21 Å². The van der Waals surface area contributed by atoms with Gasteiger partial charge in [0.05, 0.1) is 0 Å². The Kier molecular flexibility index (Phi) is 3.60. The average Bonchev–Trinajstić information content (AvgIpc) is 1.93. The molecule has 0 fully saturated rings. The van der Waals surface area contributed by atoms with E-state index in [-0.39, 0.29) is 0 Å². The van der Waals surface area contributed by atoms with E-state index in [0.29, 0.717) is 0 Å². The van der Waals surface area contributed by atoms with Crippen LogP contribution in [-0.4, -0.2) is 19.6 Å². The zero-order chi connectivity index (χ0) is 8.27. The third kappa shape index (κ3) is 3.39. The number of pyridine rings is 1. The SMILES string of the molecule is C[As](C)Cc1ccc(Br)nc1. The summed E-state index contributed by atoms with van der Waals surface area (Å²) in [7, 11) is 0. The molecule has 0 N–H and O–H groups in total. The van der Waals surface area contributed by atoms with Gasteiger partial charge >= 0.3 is 80.7 Å². The van der Waals surface area contributed by atoms with Gasteiger partial charge in [-0.05, 0) is 0 Å². The van der Waals surface area contributed by atoms with E-state index in [2.05, 4.69) is 38.4 Å². The van der Waals surface area contributed by atoms with Gasteiger partial charge in [-0.3, -0.25) is 0 Å². The van der Waals surface area contributed by atoms with Gasteiger partial charge in [-0.25, -0.2) is 0 Å². The predicted octanol–water partition coefficient (Wildman–Crippen LogP) is 2.68. The average molecular weight is 276 g/mol. The molecule has 60 valence electrons. The van der Waals surface area contributed by atoms with E-state index >= 15 is 0 Å². The van der Waals surface area contributed by atoms with Crippen LogP contribution in [0, 0.1) is 0 Å². The molecule has 1 heterocycles. The van der Waals surface area contributed by atoms with Crippen molar-refractivity contribution >= 4 is 30.6 Å². The third-order valence-corrected chi connectivity index (χ3v) is 3.85. The number of rotatable bonds is 2. The van der Waals surface area contributed by atoms with Gasteiger partial charge in [0.15, 0.2) is 0 Å². The first-order chi connectivity index (χ1) is 5.18. The van der Waals surface area contributed by atoms with Gasteiger partial charge in [0.2, 0.25) is 0 Å². The van der Waals surface area contributed by atoms with Crippen molar-refractivity contribution in [2.24, 2.45) is 0 Å². The molecule has 11 heavy (non-hydrogen) atoms. The Bertz CT molecular complexity index is 220. The van der Waals surface area contributed by atoms with E-state index in [1.165, 1.54) is 10.8 Å². The summed E-state index contributed by atoms with van der Waals surface area (Å²) >= 11 is 2.79. The fraction of sp³-hybridized carbons (Fsp3) is 0.375. The number of hydrogen-bond donors (Lipinski definition) is 0. The van der Waals surface area contributed by atoms with Crippen LogP contribution in [0.1, 0.15) is 5.56 Å². The van der Waals surface area contributed by atoms with Crippen molar-refractivity contribution in [1.82, 2.24) is 4.98 Å². The fourth-order valence-electron chi connectivity index (χ4n) is 0.865. The van der Waals surface area contributed by atoms with Gasteiger partial charge in [0, 0.05) is 0 Å². The Morgan fingerprint density at radius 3 is 2.64 bits per heavy atom. The first-order valence-corrected chi connectivity index (χ1v) is 9.31. The van der Waals surface area contributed by atoms with Crippen molar-refractivity contribution < 1.29 is 0 Å². The van der Waals surface area contributed by atoms with E-state index in [4.69, 9.17) is 0 Å². The Morgan fingerprint density at radius 1 is 1.45 bits per heavy atom. The molecule has 0 aliphatic rings. The molecule has 0 radical (unpaired) electrons. The second-order valence-electron chi connectivity index (χ2n) is 2.73. The molecule has 0 aromatic carbocycles. The van der Waals surface area contributed by atoms with Crippen molar-refractivity contribution in [3.8, 4) is 0 Å². The summed E-state index contributed by atoms with van der Waals surface area (Å²) in [6, 6.07) is 4.15. The minimum atomic E-state index is -0.527. The van der Waals surface area contributed by atoms with E-state index in [0.717, 1.165) is 4.60 Å². The summed E-state index contributed by atoms with van der Waals surface area (Å²) < 4.78 is 0.924. The zero-order valence-electron chi connectivity index (χ0n) is 6.71. The van der Waals surface area contributed by atoms with Crippen molar-refractivity contribution in [3.63, 3.8) is 0 Å². The van der Waals surface area contributed by atoms with Crippen molar-refractivity contribution in [2.45, 2.75) is 16.6 Å². The van der Waals surface area contributed by atoms with Gasteiger partial charge in [-0.2, -0.15) is 0 Å². The molecule has 0 unspecified atom stereocenters. The van der Waals surface area contributed by atoms with Gasteiger partial charge < -0.3 is 0 Å². The Labute approximate surface area is 80.6 Å². The summed E-state index contributed by atoms with van der Waals surface area (Å²) in [5.74, 6) is 0. The molecular weight excluding hydrogens is 265 g/mol. The van der Waals surface area contributed by atoms with Crippen LogP contribution in [0.4, 0.5) is 0 Å². The number of hydrogen-bond acceptors (Lipinski definition) is 1. The molecule has 1 aromatic heterocycles. The van der Waals surface area contributed by atoms with Gasteiger partial charge in [0.25, 0.3) is 0 Å². The number of halogens is 1. The molecule has 0 aliphatic heterocycles. The zero-order valence-corrected chi connectivity index (χ0v) is 10.2. The molecule has 0 aliphatic carbocycles. The third-order valence-electron chi connectivity index (χ3n) is 1.29. The fourth-order valence-corrected chi connectivity index (χ4v) is 3.02. The van der Waals surface area contributed by atoms with Crippen molar-refractivity contribution in [2.75, 3.05) is 0 Å². The summed E-state index contributed by atoms with van der Waals surface area (Å²) in [6.07, 6.45) is 1.96. The normalized spacial score (nSPS) is 10.5. The molecular formula is C8H11AsBrN. The van der Waals surface area contributed by atoms with Crippen LogP contribution >= 0.6 is 15.9 Å². The molecule has 0 saturated heterocycles. The second-order valence-corrected chi connectivity index (χ2v) is 8.73. The standard InChI is InChI=1S/C8H11AsBrN/c1-9(2)5-7-3-4-8(10)11-6-7/h3-4,6H,5H2,1-2H3. The molecule has 1 rings (SSSR count). The predicted molar refractivity (Wildman–Crippen MR) is 53.1 cm³/mol. The van der Waals surface area contributed by atoms with Crippen LogP contribution in [0.2, 0.25) is 11.4 Å². The molecule has 0 bridgehead atoms. The molecule has 0 atom stereocenters. The van der Waals surface area contributed by atoms with E-state index in [1.54, 1.807) is 0 Å². The Morgan fingerprint density at radius 2 is 2.18 bits per heavy atom. The van der Waals surface area contributed by atoms with Crippen LogP contribution in [0.25, 0.3) is 0 Å². The van der Waals surface area contributed by atoms with Crippen LogP contribution in [0.3, 0.4) is 0 Å². The summed E-state index contributed by atoms with van der Waals surface area (Å²) in [5.41, 5.74) is 6.09. The molecule has 1 aromatic rings. The topological polar surface area (TPSA) is 12.9 Å².